The van der Waals surface area contributed by atoms with Crippen LogP contribution < -0.4 is 10.2 Å². The Morgan fingerprint density at radius 1 is 1.10 bits per heavy atom. The minimum absolute atomic E-state index is 0.0440. The van der Waals surface area contributed by atoms with Crippen molar-refractivity contribution in [3.8, 4) is 11.1 Å². The molecule has 1 amide bonds. The maximum absolute atomic E-state index is 13.1. The number of rotatable bonds is 7. The highest BCUT2D eigenvalue weighted by Gasteiger charge is 2.27. The van der Waals surface area contributed by atoms with Crippen molar-refractivity contribution in [2.24, 2.45) is 5.92 Å². The van der Waals surface area contributed by atoms with Gasteiger partial charge in [0, 0.05) is 50.7 Å². The van der Waals surface area contributed by atoms with E-state index in [4.69, 9.17) is 4.74 Å². The van der Waals surface area contributed by atoms with Crippen LogP contribution >= 0.6 is 0 Å². The lowest BCUT2D eigenvalue weighted by atomic mass is 9.97. The number of hydrogen-bond acceptors (Lipinski definition) is 6. The second-order valence-corrected chi connectivity index (χ2v) is 8.16. The third-order valence-electron chi connectivity index (χ3n) is 5.94. The second-order valence-electron chi connectivity index (χ2n) is 8.16. The van der Waals surface area contributed by atoms with E-state index in [1.54, 1.807) is 24.5 Å². The van der Waals surface area contributed by atoms with Gasteiger partial charge in [-0.2, -0.15) is 0 Å². The number of aromatic nitrogens is 2. The number of nitrogens with zero attached hydrogens (tertiary/aromatic N) is 4. The lowest BCUT2D eigenvalue weighted by molar-refractivity contribution is -0.125. The summed E-state index contributed by atoms with van der Waals surface area (Å²) in [5, 5.41) is 3.10. The van der Waals surface area contributed by atoms with Crippen molar-refractivity contribution in [3.63, 3.8) is 0 Å². The van der Waals surface area contributed by atoms with Gasteiger partial charge in [-0.25, -0.2) is 14.4 Å². The van der Waals surface area contributed by atoms with Crippen LogP contribution in [0.5, 0.6) is 0 Å². The first-order valence-corrected chi connectivity index (χ1v) is 11.1. The van der Waals surface area contributed by atoms with Gasteiger partial charge in [-0.1, -0.05) is 12.1 Å². The van der Waals surface area contributed by atoms with Crippen molar-refractivity contribution in [2.75, 3.05) is 57.4 Å². The van der Waals surface area contributed by atoms with Gasteiger partial charge in [0.15, 0.2) is 0 Å². The summed E-state index contributed by atoms with van der Waals surface area (Å²) < 4.78 is 18.5. The SMILES string of the molecule is O=C(NCCCN1CCOCC1)[C@H]1CCCN(c2ncc(-c3ccc(F)cc3)cn2)C1. The number of nitrogens with one attached hydrogen (secondary N) is 1. The molecule has 3 heterocycles. The zero-order chi connectivity index (χ0) is 21.5. The molecule has 1 aromatic heterocycles. The highest BCUT2D eigenvalue weighted by atomic mass is 19.1. The molecule has 0 unspecified atom stereocenters. The average Bonchev–Trinajstić information content (AvgIpc) is 2.83. The van der Waals surface area contributed by atoms with Crippen LogP contribution in [0, 0.1) is 11.7 Å². The van der Waals surface area contributed by atoms with Gasteiger partial charge in [0.1, 0.15) is 5.82 Å². The van der Waals surface area contributed by atoms with Crippen LogP contribution in [0.15, 0.2) is 36.7 Å². The summed E-state index contributed by atoms with van der Waals surface area (Å²) in [5.74, 6) is 0.447. The van der Waals surface area contributed by atoms with Gasteiger partial charge >= 0.3 is 0 Å². The number of benzene rings is 1. The fourth-order valence-corrected chi connectivity index (χ4v) is 4.13. The summed E-state index contributed by atoms with van der Waals surface area (Å²) in [6.07, 6.45) is 6.29. The molecular weight excluding hydrogens is 397 g/mol. The summed E-state index contributed by atoms with van der Waals surface area (Å²) in [4.78, 5) is 26.1. The molecule has 2 aromatic rings. The van der Waals surface area contributed by atoms with Crippen LogP contribution in [0.1, 0.15) is 19.3 Å². The number of anilines is 1. The van der Waals surface area contributed by atoms with Gasteiger partial charge < -0.3 is 15.0 Å². The van der Waals surface area contributed by atoms with Crippen molar-refractivity contribution in [2.45, 2.75) is 19.3 Å². The number of halogens is 1. The lowest BCUT2D eigenvalue weighted by Crippen LogP contribution is -2.44. The Bertz CT molecular complexity index is 840. The third-order valence-corrected chi connectivity index (χ3v) is 5.94. The highest BCUT2D eigenvalue weighted by Crippen LogP contribution is 2.23. The number of hydrogen-bond donors (Lipinski definition) is 1. The highest BCUT2D eigenvalue weighted by molar-refractivity contribution is 5.79. The molecule has 2 aliphatic heterocycles. The van der Waals surface area contributed by atoms with E-state index in [1.165, 1.54) is 12.1 Å². The molecule has 0 saturated carbocycles. The molecule has 1 atom stereocenters. The Morgan fingerprint density at radius 2 is 1.84 bits per heavy atom. The third kappa shape index (κ3) is 5.98. The summed E-state index contributed by atoms with van der Waals surface area (Å²) in [6.45, 7) is 6.73. The van der Waals surface area contributed by atoms with Crippen LogP contribution in [0.3, 0.4) is 0 Å². The predicted molar refractivity (Wildman–Crippen MR) is 117 cm³/mol. The molecule has 1 aromatic carbocycles. The van der Waals surface area contributed by atoms with Gasteiger partial charge in [-0.05, 0) is 43.5 Å². The number of ether oxygens (including phenoxy) is 1. The molecule has 7 nitrogen and oxygen atoms in total. The van der Waals surface area contributed by atoms with Gasteiger partial charge in [0.2, 0.25) is 11.9 Å². The van der Waals surface area contributed by atoms with Crippen LogP contribution in [0.4, 0.5) is 10.3 Å². The summed E-state index contributed by atoms with van der Waals surface area (Å²) in [6, 6.07) is 6.29. The Labute approximate surface area is 182 Å². The first kappa shape index (κ1) is 21.6. The molecule has 8 heteroatoms. The zero-order valence-electron chi connectivity index (χ0n) is 17.8. The van der Waals surface area contributed by atoms with E-state index in [0.29, 0.717) is 19.0 Å². The Morgan fingerprint density at radius 3 is 2.58 bits per heavy atom. The molecule has 31 heavy (non-hydrogen) atoms. The minimum atomic E-state index is -0.264. The second kappa shape index (κ2) is 10.6. The van der Waals surface area contributed by atoms with E-state index < -0.39 is 0 Å². The van der Waals surface area contributed by atoms with Gasteiger partial charge in [0.05, 0.1) is 19.1 Å². The van der Waals surface area contributed by atoms with E-state index >= 15 is 0 Å². The first-order chi connectivity index (χ1) is 15.2. The van der Waals surface area contributed by atoms with Crippen molar-refractivity contribution in [1.82, 2.24) is 20.2 Å². The number of amides is 1. The standard InChI is InChI=1S/C23H30FN5O2/c24-21-6-4-18(5-7-21)20-15-26-23(27-16-20)29-10-1-3-19(17-29)22(30)25-8-2-9-28-11-13-31-14-12-28/h4-7,15-16,19H,1-3,8-14,17H2,(H,25,30)/t19-/m0/s1. The zero-order valence-corrected chi connectivity index (χ0v) is 17.8. The quantitative estimate of drug-likeness (QED) is 0.684. The molecule has 2 fully saturated rings. The topological polar surface area (TPSA) is 70.6 Å². The number of piperidine rings is 1. The summed E-state index contributed by atoms with van der Waals surface area (Å²) >= 11 is 0. The van der Waals surface area contributed by atoms with Crippen molar-refractivity contribution in [1.29, 1.82) is 0 Å². The maximum Gasteiger partial charge on any atom is 0.225 e. The van der Waals surface area contributed by atoms with E-state index in [1.807, 2.05) is 0 Å². The van der Waals surface area contributed by atoms with E-state index in [2.05, 4.69) is 25.1 Å². The van der Waals surface area contributed by atoms with Crippen LogP contribution in [-0.4, -0.2) is 73.3 Å². The average molecular weight is 428 g/mol. The fourth-order valence-electron chi connectivity index (χ4n) is 4.13. The van der Waals surface area contributed by atoms with E-state index in [-0.39, 0.29) is 17.6 Å². The largest absolute Gasteiger partial charge is 0.379 e. The van der Waals surface area contributed by atoms with Crippen molar-refractivity contribution in [3.05, 3.63) is 42.5 Å². The minimum Gasteiger partial charge on any atom is -0.379 e. The van der Waals surface area contributed by atoms with Crippen molar-refractivity contribution < 1.29 is 13.9 Å². The summed E-state index contributed by atoms with van der Waals surface area (Å²) in [7, 11) is 0. The number of carbonyl (C=O) groups is 1. The molecule has 4 rings (SSSR count). The number of carbonyl (C=O) groups excluding carboxylic acids is 1. The molecule has 166 valence electrons. The van der Waals surface area contributed by atoms with E-state index in [9.17, 15) is 9.18 Å². The van der Waals surface area contributed by atoms with Gasteiger partial charge in [-0.15, -0.1) is 0 Å². The Hall–Kier alpha value is -2.58. The van der Waals surface area contributed by atoms with Gasteiger partial charge in [-0.3, -0.25) is 9.69 Å². The van der Waals surface area contributed by atoms with Crippen LogP contribution in [-0.2, 0) is 9.53 Å². The summed E-state index contributed by atoms with van der Waals surface area (Å²) in [5.41, 5.74) is 1.72. The molecule has 0 radical (unpaired) electrons. The molecule has 2 aliphatic rings. The predicted octanol–water partition coefficient (Wildman–Crippen LogP) is 2.34. The molecule has 1 N–H and O–H groups in total. The molecule has 0 aliphatic carbocycles. The molecule has 0 spiro atoms. The van der Waals surface area contributed by atoms with Gasteiger partial charge in [0.25, 0.3) is 0 Å². The molecular formula is C23H30FN5O2. The first-order valence-electron chi connectivity index (χ1n) is 11.1. The lowest BCUT2D eigenvalue weighted by Gasteiger charge is -2.32. The molecule has 2 saturated heterocycles. The van der Waals surface area contributed by atoms with Crippen molar-refractivity contribution >= 4 is 11.9 Å². The monoisotopic (exact) mass is 427 g/mol. The smallest absolute Gasteiger partial charge is 0.225 e. The normalized spacial score (nSPS) is 19.9. The van der Waals surface area contributed by atoms with Crippen LogP contribution in [0.2, 0.25) is 0 Å². The van der Waals surface area contributed by atoms with E-state index in [0.717, 1.165) is 69.8 Å². The molecule has 0 bridgehead atoms. The Kier molecular flexibility index (Phi) is 7.43. The number of morpholine rings is 1. The van der Waals surface area contributed by atoms with Crippen LogP contribution in [0.25, 0.3) is 11.1 Å². The maximum atomic E-state index is 13.1. The Balaban J connectivity index is 1.25. The fraction of sp³-hybridized carbons (Fsp3) is 0.522.